The van der Waals surface area contributed by atoms with Gasteiger partial charge in [0.2, 0.25) is 17.5 Å². The lowest BCUT2D eigenvalue weighted by Gasteiger charge is -2.27. The van der Waals surface area contributed by atoms with E-state index in [0.717, 1.165) is 0 Å². The van der Waals surface area contributed by atoms with Crippen molar-refractivity contribution in [2.45, 2.75) is 37.0 Å². The molecule has 0 heterocycles. The molecule has 0 spiro atoms. The molecule has 0 bridgehead atoms. The first-order chi connectivity index (χ1) is 11.0. The molecule has 0 saturated carbocycles. The van der Waals surface area contributed by atoms with Crippen molar-refractivity contribution < 1.29 is 39.9 Å². The third-order valence-corrected chi connectivity index (χ3v) is 3.90. The van der Waals surface area contributed by atoms with Crippen molar-refractivity contribution >= 4 is 16.9 Å². The minimum Gasteiger partial charge on any atom is -0.282 e. The van der Waals surface area contributed by atoms with E-state index < -0.39 is 47.9 Å². The number of halogens is 8. The molecule has 0 aliphatic carbocycles. The van der Waals surface area contributed by atoms with Gasteiger partial charge in [0.1, 0.15) is 0 Å². The number of hydrogen-bond acceptors (Lipinski definition) is 2. The molecule has 0 fully saturated rings. The molecular formula is C14H12F8OS. The maximum absolute atomic E-state index is 13.4. The summed E-state index contributed by atoms with van der Waals surface area (Å²) in [5.74, 6) is -10.9. The van der Waals surface area contributed by atoms with Gasteiger partial charge < -0.3 is 0 Å². The van der Waals surface area contributed by atoms with Crippen LogP contribution in [-0.4, -0.2) is 41.5 Å². The molecule has 1 aromatic carbocycles. The van der Waals surface area contributed by atoms with Crippen LogP contribution < -0.4 is 0 Å². The summed E-state index contributed by atoms with van der Waals surface area (Å²) in [6, 6.07) is 7.42. The molecule has 0 aromatic heterocycles. The highest BCUT2D eigenvalue weighted by atomic mass is 32.2. The summed E-state index contributed by atoms with van der Waals surface area (Å²) in [7, 11) is 0. The maximum atomic E-state index is 13.4. The zero-order valence-corrected chi connectivity index (χ0v) is 12.7. The summed E-state index contributed by atoms with van der Waals surface area (Å²) in [5, 5.41) is -0.628. The topological polar surface area (TPSA) is 17.1 Å². The Hall–Kier alpha value is -1.32. The molecule has 24 heavy (non-hydrogen) atoms. The van der Waals surface area contributed by atoms with E-state index in [4.69, 9.17) is 0 Å². The third kappa shape index (κ3) is 5.09. The predicted octanol–water partition coefficient (Wildman–Crippen LogP) is 5.16. The van der Waals surface area contributed by atoms with Crippen LogP contribution in [0.2, 0.25) is 0 Å². The minimum atomic E-state index is -5.53. The van der Waals surface area contributed by atoms with E-state index in [2.05, 4.69) is 0 Å². The van der Waals surface area contributed by atoms with Gasteiger partial charge in [0, 0.05) is 17.7 Å². The second kappa shape index (κ2) is 8.17. The van der Waals surface area contributed by atoms with E-state index in [1.807, 2.05) is 0 Å². The van der Waals surface area contributed by atoms with Crippen molar-refractivity contribution in [2.75, 3.05) is 5.75 Å². The van der Waals surface area contributed by atoms with E-state index in [9.17, 15) is 39.9 Å². The molecule has 1 nitrogen and oxygen atoms in total. The van der Waals surface area contributed by atoms with Gasteiger partial charge in [-0.3, -0.25) is 4.79 Å². The molecule has 2 atom stereocenters. The molecule has 0 aliphatic heterocycles. The monoisotopic (exact) mass is 380 g/mol. The van der Waals surface area contributed by atoms with Crippen molar-refractivity contribution in [1.29, 1.82) is 0 Å². The van der Waals surface area contributed by atoms with E-state index in [1.165, 1.54) is 24.3 Å². The zero-order valence-electron chi connectivity index (χ0n) is 11.9. The van der Waals surface area contributed by atoms with Gasteiger partial charge in [-0.25, -0.2) is 26.3 Å². The molecule has 0 aliphatic rings. The maximum Gasteiger partial charge on any atom is 0.340 e. The van der Waals surface area contributed by atoms with E-state index >= 15 is 0 Å². The number of benzene rings is 1. The lowest BCUT2D eigenvalue weighted by atomic mass is 10.0. The quantitative estimate of drug-likeness (QED) is 0.580. The standard InChI is InChI=1S/C14H12F8OS/c15-9(10(16)14(21,22)12(17)18)13(19,20)6-7-24-11(23)8-4-2-1-3-5-8/h1-5,9-10,12H,6-7H2. The van der Waals surface area contributed by atoms with Crippen molar-refractivity contribution in [3.05, 3.63) is 35.9 Å². The van der Waals surface area contributed by atoms with E-state index in [0.29, 0.717) is 11.8 Å². The Labute approximate surface area is 136 Å². The third-order valence-electron chi connectivity index (χ3n) is 3.00. The average molecular weight is 380 g/mol. The summed E-state index contributed by atoms with van der Waals surface area (Å²) >= 11 is 0.356. The van der Waals surface area contributed by atoms with Crippen LogP contribution in [0, 0.1) is 0 Å². The van der Waals surface area contributed by atoms with Gasteiger partial charge in [0.15, 0.2) is 0 Å². The number of alkyl halides is 8. The Kier molecular flexibility index (Phi) is 7.06. The fourth-order valence-electron chi connectivity index (χ4n) is 1.60. The Morgan fingerprint density at radius 1 is 0.958 bits per heavy atom. The van der Waals surface area contributed by atoms with Gasteiger partial charge in [-0.05, 0) is 0 Å². The Morgan fingerprint density at radius 2 is 1.50 bits per heavy atom. The smallest absolute Gasteiger partial charge is 0.282 e. The SMILES string of the molecule is O=C(SCCC(F)(F)C(F)C(F)C(F)(F)C(F)F)c1ccccc1. The average Bonchev–Trinajstić information content (AvgIpc) is 2.53. The Bertz CT molecular complexity index is 537. The fourth-order valence-corrected chi connectivity index (χ4v) is 2.47. The molecule has 1 aromatic rings. The molecular weight excluding hydrogens is 368 g/mol. The van der Waals surface area contributed by atoms with Gasteiger partial charge in [-0.2, -0.15) is 8.78 Å². The lowest BCUT2D eigenvalue weighted by Crippen LogP contribution is -2.50. The largest absolute Gasteiger partial charge is 0.340 e. The van der Waals surface area contributed by atoms with Crippen molar-refractivity contribution in [3.63, 3.8) is 0 Å². The highest BCUT2D eigenvalue weighted by Gasteiger charge is 2.59. The number of carbonyl (C=O) groups is 1. The normalized spacial score (nSPS) is 15.4. The molecule has 2 unspecified atom stereocenters. The van der Waals surface area contributed by atoms with Gasteiger partial charge >= 0.3 is 12.3 Å². The summed E-state index contributed by atoms with van der Waals surface area (Å²) < 4.78 is 102. The van der Waals surface area contributed by atoms with Crippen LogP contribution in [0.1, 0.15) is 16.8 Å². The predicted molar refractivity (Wildman–Crippen MR) is 73.5 cm³/mol. The van der Waals surface area contributed by atoms with Gasteiger partial charge in [0.25, 0.3) is 5.92 Å². The van der Waals surface area contributed by atoms with Crippen molar-refractivity contribution in [1.82, 2.24) is 0 Å². The van der Waals surface area contributed by atoms with Gasteiger partial charge in [0.05, 0.1) is 0 Å². The van der Waals surface area contributed by atoms with E-state index in [1.54, 1.807) is 6.07 Å². The molecule has 0 N–H and O–H groups in total. The van der Waals surface area contributed by atoms with Crippen LogP contribution in [0.3, 0.4) is 0 Å². The summed E-state index contributed by atoms with van der Waals surface area (Å²) in [4.78, 5) is 11.6. The Balaban J connectivity index is 2.61. The molecule has 0 saturated heterocycles. The fraction of sp³-hybridized carbons (Fsp3) is 0.500. The molecule has 1 rings (SSSR count). The summed E-state index contributed by atoms with van der Waals surface area (Å²) in [5.41, 5.74) is 0.176. The highest BCUT2D eigenvalue weighted by molar-refractivity contribution is 8.14. The zero-order chi connectivity index (χ0) is 18.5. The van der Waals surface area contributed by atoms with Crippen molar-refractivity contribution in [2.24, 2.45) is 0 Å². The molecule has 10 heteroatoms. The minimum absolute atomic E-state index is 0.176. The first-order valence-corrected chi connectivity index (χ1v) is 7.52. The number of carbonyl (C=O) groups excluding carboxylic acids is 1. The highest BCUT2D eigenvalue weighted by Crippen LogP contribution is 2.39. The van der Waals surface area contributed by atoms with Crippen molar-refractivity contribution in [3.8, 4) is 0 Å². The van der Waals surface area contributed by atoms with Gasteiger partial charge in [-0.1, -0.05) is 42.1 Å². The number of thioether (sulfide) groups is 1. The number of hydrogen-bond donors (Lipinski definition) is 0. The first kappa shape index (κ1) is 20.7. The van der Waals surface area contributed by atoms with Crippen LogP contribution in [-0.2, 0) is 0 Å². The molecule has 136 valence electrons. The van der Waals surface area contributed by atoms with Gasteiger partial charge in [-0.15, -0.1) is 0 Å². The van der Waals surface area contributed by atoms with Crippen LogP contribution in [0.25, 0.3) is 0 Å². The Morgan fingerprint density at radius 3 is 2.00 bits per heavy atom. The molecule has 0 radical (unpaired) electrons. The van der Waals surface area contributed by atoms with Crippen LogP contribution in [0.4, 0.5) is 35.1 Å². The van der Waals surface area contributed by atoms with Crippen LogP contribution in [0.15, 0.2) is 30.3 Å². The first-order valence-electron chi connectivity index (χ1n) is 6.54. The lowest BCUT2D eigenvalue weighted by molar-refractivity contribution is -0.214. The molecule has 0 amide bonds. The number of rotatable bonds is 8. The second-order valence-electron chi connectivity index (χ2n) is 4.79. The van der Waals surface area contributed by atoms with E-state index in [-0.39, 0.29) is 5.56 Å². The van der Waals surface area contributed by atoms with Crippen LogP contribution in [0.5, 0.6) is 0 Å². The summed E-state index contributed by atoms with van der Waals surface area (Å²) in [6.07, 6.45) is -14.6. The van der Waals surface area contributed by atoms with Crippen LogP contribution >= 0.6 is 11.8 Å². The summed E-state index contributed by atoms with van der Waals surface area (Å²) in [6.45, 7) is 0. The second-order valence-corrected chi connectivity index (χ2v) is 5.86.